The van der Waals surface area contributed by atoms with Gasteiger partial charge in [-0.05, 0) is 6.07 Å². The van der Waals surface area contributed by atoms with Gasteiger partial charge in [0.2, 0.25) is 0 Å². The van der Waals surface area contributed by atoms with Gasteiger partial charge in [-0.2, -0.15) is 13.2 Å². The summed E-state index contributed by atoms with van der Waals surface area (Å²) in [5.41, 5.74) is -1.03. The lowest BCUT2D eigenvalue weighted by Gasteiger charge is -2.08. The molecule has 2 nitrogen and oxygen atoms in total. The second-order valence-electron chi connectivity index (χ2n) is 2.64. The SMILES string of the molecule is OC(CF)c1ccc(C(F)(F)F)nc1. The topological polar surface area (TPSA) is 33.1 Å². The second-order valence-corrected chi connectivity index (χ2v) is 2.64. The highest BCUT2D eigenvalue weighted by Gasteiger charge is 2.32. The lowest BCUT2D eigenvalue weighted by Crippen LogP contribution is -2.09. The molecule has 0 aliphatic heterocycles. The van der Waals surface area contributed by atoms with Crippen LogP contribution in [0, 0.1) is 0 Å². The summed E-state index contributed by atoms with van der Waals surface area (Å²) in [7, 11) is 0. The fourth-order valence-electron chi connectivity index (χ4n) is 0.859. The zero-order valence-electron chi connectivity index (χ0n) is 6.92. The average Bonchev–Trinajstić information content (AvgIpc) is 2.15. The number of hydrogen-bond donors (Lipinski definition) is 1. The minimum absolute atomic E-state index is 0.0282. The number of nitrogens with zero attached hydrogens (tertiary/aromatic N) is 1. The maximum absolute atomic E-state index is 12.0. The number of alkyl halides is 4. The van der Waals surface area contributed by atoms with E-state index in [1.165, 1.54) is 0 Å². The van der Waals surface area contributed by atoms with Gasteiger partial charge in [0.25, 0.3) is 0 Å². The summed E-state index contributed by atoms with van der Waals surface area (Å²) in [5.74, 6) is 0. The van der Waals surface area contributed by atoms with E-state index >= 15 is 0 Å². The van der Waals surface area contributed by atoms with Crippen LogP contribution in [0.15, 0.2) is 18.3 Å². The molecule has 1 unspecified atom stereocenters. The van der Waals surface area contributed by atoms with Crippen LogP contribution in [0.25, 0.3) is 0 Å². The number of aliphatic hydroxyl groups excluding tert-OH is 1. The van der Waals surface area contributed by atoms with E-state index in [-0.39, 0.29) is 5.56 Å². The van der Waals surface area contributed by atoms with E-state index in [2.05, 4.69) is 4.98 Å². The third kappa shape index (κ3) is 2.41. The first-order chi connectivity index (χ1) is 6.45. The van der Waals surface area contributed by atoms with Crippen molar-refractivity contribution in [2.45, 2.75) is 12.3 Å². The highest BCUT2D eigenvalue weighted by atomic mass is 19.4. The van der Waals surface area contributed by atoms with Gasteiger partial charge in [-0.15, -0.1) is 0 Å². The maximum Gasteiger partial charge on any atom is 0.433 e. The van der Waals surface area contributed by atoms with Crippen molar-refractivity contribution in [2.75, 3.05) is 6.67 Å². The number of aliphatic hydroxyl groups is 1. The third-order valence-electron chi connectivity index (χ3n) is 1.61. The van der Waals surface area contributed by atoms with Crippen LogP contribution in [0.3, 0.4) is 0 Å². The zero-order valence-corrected chi connectivity index (χ0v) is 6.92. The Labute approximate surface area is 77.2 Å². The molecule has 0 fully saturated rings. The van der Waals surface area contributed by atoms with E-state index in [9.17, 15) is 17.6 Å². The van der Waals surface area contributed by atoms with Crippen LogP contribution in [-0.4, -0.2) is 16.8 Å². The fourth-order valence-corrected chi connectivity index (χ4v) is 0.859. The smallest absolute Gasteiger partial charge is 0.386 e. The molecular weight excluding hydrogens is 202 g/mol. The van der Waals surface area contributed by atoms with E-state index in [1.807, 2.05) is 0 Å². The molecule has 0 aliphatic rings. The Hall–Kier alpha value is -1.17. The molecular formula is C8H7F4NO. The molecule has 0 saturated heterocycles. The van der Waals surface area contributed by atoms with Crippen molar-refractivity contribution in [2.24, 2.45) is 0 Å². The van der Waals surface area contributed by atoms with Gasteiger partial charge < -0.3 is 5.11 Å². The molecule has 0 amide bonds. The standard InChI is InChI=1S/C8H7F4NO/c9-3-6(14)5-1-2-7(13-4-5)8(10,11)12/h1-2,4,6,14H,3H2. The summed E-state index contributed by atoms with van der Waals surface area (Å²) in [6, 6.07) is 1.70. The van der Waals surface area contributed by atoms with Crippen molar-refractivity contribution in [1.82, 2.24) is 4.98 Å². The van der Waals surface area contributed by atoms with E-state index < -0.39 is 24.6 Å². The minimum Gasteiger partial charge on any atom is -0.386 e. The number of halogens is 4. The van der Waals surface area contributed by atoms with Gasteiger partial charge >= 0.3 is 6.18 Å². The maximum atomic E-state index is 12.0. The minimum atomic E-state index is -4.51. The summed E-state index contributed by atoms with van der Waals surface area (Å²) in [4.78, 5) is 3.07. The summed E-state index contributed by atoms with van der Waals surface area (Å²) < 4.78 is 47.9. The van der Waals surface area contributed by atoms with Crippen LogP contribution < -0.4 is 0 Å². The fraction of sp³-hybridized carbons (Fsp3) is 0.375. The summed E-state index contributed by atoms with van der Waals surface area (Å²) in [5, 5.41) is 8.93. The van der Waals surface area contributed by atoms with Crippen LogP contribution in [-0.2, 0) is 6.18 Å². The average molecular weight is 209 g/mol. The highest BCUT2D eigenvalue weighted by Crippen LogP contribution is 2.27. The van der Waals surface area contributed by atoms with Crippen molar-refractivity contribution in [3.05, 3.63) is 29.6 Å². The molecule has 1 heterocycles. The molecule has 0 saturated carbocycles. The van der Waals surface area contributed by atoms with Gasteiger partial charge in [0.05, 0.1) is 0 Å². The first kappa shape index (κ1) is 10.9. The van der Waals surface area contributed by atoms with E-state index in [0.29, 0.717) is 6.07 Å². The molecule has 1 N–H and O–H groups in total. The molecule has 78 valence electrons. The van der Waals surface area contributed by atoms with Crippen molar-refractivity contribution in [3.8, 4) is 0 Å². The first-order valence-corrected chi connectivity index (χ1v) is 3.72. The molecule has 1 atom stereocenters. The molecule has 1 rings (SSSR count). The van der Waals surface area contributed by atoms with Crippen molar-refractivity contribution >= 4 is 0 Å². The first-order valence-electron chi connectivity index (χ1n) is 3.72. The summed E-state index contributed by atoms with van der Waals surface area (Å²) >= 11 is 0. The van der Waals surface area contributed by atoms with Gasteiger partial charge in [-0.1, -0.05) is 6.07 Å². The Balaban J connectivity index is 2.89. The molecule has 0 spiro atoms. The summed E-state index contributed by atoms with van der Waals surface area (Å²) in [6.07, 6.45) is -5.11. The Bertz CT molecular complexity index is 295. The molecule has 1 aromatic rings. The second kappa shape index (κ2) is 3.91. The number of rotatable bonds is 2. The molecule has 0 aromatic carbocycles. The Morgan fingerprint density at radius 3 is 2.36 bits per heavy atom. The van der Waals surface area contributed by atoms with Crippen molar-refractivity contribution in [3.63, 3.8) is 0 Å². The van der Waals surface area contributed by atoms with Gasteiger partial charge in [0.1, 0.15) is 18.5 Å². The number of aromatic nitrogens is 1. The zero-order chi connectivity index (χ0) is 10.8. The molecule has 0 radical (unpaired) electrons. The summed E-state index contributed by atoms with van der Waals surface area (Å²) in [6.45, 7) is -1.05. The van der Waals surface area contributed by atoms with Crippen LogP contribution in [0.5, 0.6) is 0 Å². The van der Waals surface area contributed by atoms with Crippen molar-refractivity contribution in [1.29, 1.82) is 0 Å². The molecule has 6 heteroatoms. The van der Waals surface area contributed by atoms with Gasteiger partial charge in [0, 0.05) is 11.8 Å². The number of hydrogen-bond acceptors (Lipinski definition) is 2. The quantitative estimate of drug-likeness (QED) is 0.756. The lowest BCUT2D eigenvalue weighted by molar-refractivity contribution is -0.141. The monoisotopic (exact) mass is 209 g/mol. The predicted molar refractivity (Wildman–Crippen MR) is 40.2 cm³/mol. The Morgan fingerprint density at radius 1 is 1.36 bits per heavy atom. The molecule has 14 heavy (non-hydrogen) atoms. The lowest BCUT2D eigenvalue weighted by atomic mass is 10.1. The molecule has 0 bridgehead atoms. The largest absolute Gasteiger partial charge is 0.433 e. The normalized spacial score (nSPS) is 14.1. The molecule has 0 aliphatic carbocycles. The van der Waals surface area contributed by atoms with E-state index in [4.69, 9.17) is 5.11 Å². The highest BCUT2D eigenvalue weighted by molar-refractivity contribution is 5.17. The number of pyridine rings is 1. The van der Waals surface area contributed by atoms with Gasteiger partial charge in [-0.3, -0.25) is 4.98 Å². The van der Waals surface area contributed by atoms with Crippen LogP contribution in [0.1, 0.15) is 17.4 Å². The van der Waals surface area contributed by atoms with Crippen LogP contribution >= 0.6 is 0 Å². The van der Waals surface area contributed by atoms with E-state index in [0.717, 1.165) is 12.3 Å². The Kier molecular flexibility index (Phi) is 3.05. The van der Waals surface area contributed by atoms with Crippen LogP contribution in [0.2, 0.25) is 0 Å². The third-order valence-corrected chi connectivity index (χ3v) is 1.61. The van der Waals surface area contributed by atoms with Crippen molar-refractivity contribution < 1.29 is 22.7 Å². The van der Waals surface area contributed by atoms with E-state index in [1.54, 1.807) is 0 Å². The molecule has 1 aromatic heterocycles. The van der Waals surface area contributed by atoms with Crippen LogP contribution in [0.4, 0.5) is 17.6 Å². The van der Waals surface area contributed by atoms with Gasteiger partial charge in [0.15, 0.2) is 0 Å². The predicted octanol–water partition coefficient (Wildman–Crippen LogP) is 2.10. The Morgan fingerprint density at radius 2 is 2.00 bits per heavy atom. The van der Waals surface area contributed by atoms with Gasteiger partial charge in [-0.25, -0.2) is 4.39 Å².